The average molecular weight is 342 g/mol. The van der Waals surface area contributed by atoms with E-state index in [1.54, 1.807) is 22.8 Å². The van der Waals surface area contributed by atoms with Crippen LogP contribution in [0.1, 0.15) is 23.0 Å². The molecule has 0 amide bonds. The summed E-state index contributed by atoms with van der Waals surface area (Å²) in [6.07, 6.45) is 0.425. The van der Waals surface area contributed by atoms with Crippen LogP contribution >= 0.6 is 11.6 Å². The summed E-state index contributed by atoms with van der Waals surface area (Å²) in [5.74, 6) is -0.547. The van der Waals surface area contributed by atoms with E-state index >= 15 is 0 Å². The van der Waals surface area contributed by atoms with Gasteiger partial charge in [0.1, 0.15) is 5.69 Å². The molecule has 2 aromatic carbocycles. The molecule has 0 saturated carbocycles. The number of carbonyl (C=O) groups is 1. The van der Waals surface area contributed by atoms with Gasteiger partial charge < -0.3 is 9.30 Å². The number of hydrogen-bond donors (Lipinski definition) is 0. The van der Waals surface area contributed by atoms with E-state index in [2.05, 4.69) is 0 Å². The van der Waals surface area contributed by atoms with Gasteiger partial charge in [0.15, 0.2) is 5.43 Å². The fourth-order valence-electron chi connectivity index (χ4n) is 2.89. The van der Waals surface area contributed by atoms with Crippen molar-refractivity contribution in [2.75, 3.05) is 7.11 Å². The lowest BCUT2D eigenvalue weighted by molar-refractivity contribution is 0.0590. The number of rotatable bonds is 3. The minimum Gasteiger partial charge on any atom is -0.464 e. The van der Waals surface area contributed by atoms with E-state index in [4.69, 9.17) is 16.3 Å². The predicted molar refractivity (Wildman–Crippen MR) is 95.3 cm³/mol. The Labute approximate surface area is 144 Å². The summed E-state index contributed by atoms with van der Waals surface area (Å²) in [6.45, 7) is 1.85. The zero-order chi connectivity index (χ0) is 17.3. The molecule has 0 aliphatic heterocycles. The minimum absolute atomic E-state index is 0.170. The van der Waals surface area contributed by atoms with Crippen molar-refractivity contribution in [3.63, 3.8) is 0 Å². The Kier molecular flexibility index (Phi) is 4.40. The number of halogens is 1. The second kappa shape index (κ2) is 6.49. The highest BCUT2D eigenvalue weighted by Crippen LogP contribution is 2.25. The number of nitrogens with zero attached hydrogens (tertiary/aromatic N) is 1. The summed E-state index contributed by atoms with van der Waals surface area (Å²) >= 11 is 6.14. The first-order chi connectivity index (χ1) is 11.6. The molecule has 0 bridgehead atoms. The highest BCUT2D eigenvalue weighted by molar-refractivity contribution is 6.31. The van der Waals surface area contributed by atoms with Gasteiger partial charge in [0, 0.05) is 21.7 Å². The van der Waals surface area contributed by atoms with Crippen molar-refractivity contribution in [1.29, 1.82) is 0 Å². The van der Waals surface area contributed by atoms with Gasteiger partial charge in [0.25, 0.3) is 0 Å². The fraction of sp³-hybridized carbons (Fsp3) is 0.158. The van der Waals surface area contributed by atoms with Crippen molar-refractivity contribution in [3.05, 3.63) is 75.0 Å². The maximum absolute atomic E-state index is 12.8. The zero-order valence-corrected chi connectivity index (χ0v) is 14.1. The van der Waals surface area contributed by atoms with Crippen LogP contribution in [0, 0.1) is 0 Å². The molecule has 0 spiro atoms. The van der Waals surface area contributed by atoms with Gasteiger partial charge in [-0.2, -0.15) is 0 Å². The van der Waals surface area contributed by atoms with E-state index in [0.717, 1.165) is 5.69 Å². The van der Waals surface area contributed by atoms with Crippen LogP contribution in [0.4, 0.5) is 0 Å². The van der Waals surface area contributed by atoms with Crippen LogP contribution in [-0.4, -0.2) is 17.6 Å². The number of fused-ring (bicyclic) bond motifs is 1. The molecule has 24 heavy (non-hydrogen) atoms. The predicted octanol–water partition coefficient (Wildman–Crippen LogP) is 3.99. The molecular weight excluding hydrogens is 326 g/mol. The quantitative estimate of drug-likeness (QED) is 0.677. The molecule has 0 atom stereocenters. The van der Waals surface area contributed by atoms with E-state index in [1.807, 2.05) is 37.3 Å². The topological polar surface area (TPSA) is 48.3 Å². The average Bonchev–Trinajstić information content (AvgIpc) is 2.61. The molecular formula is C19H16ClNO3. The molecule has 0 saturated heterocycles. The van der Waals surface area contributed by atoms with Crippen molar-refractivity contribution < 1.29 is 9.53 Å². The summed E-state index contributed by atoms with van der Waals surface area (Å²) in [6, 6.07) is 14.4. The van der Waals surface area contributed by atoms with Gasteiger partial charge in [-0.25, -0.2) is 4.79 Å². The van der Waals surface area contributed by atoms with Crippen LogP contribution in [-0.2, 0) is 11.2 Å². The Morgan fingerprint density at radius 2 is 1.88 bits per heavy atom. The van der Waals surface area contributed by atoms with Gasteiger partial charge in [-0.15, -0.1) is 0 Å². The first-order valence-corrected chi connectivity index (χ1v) is 7.97. The van der Waals surface area contributed by atoms with Crippen LogP contribution in [0.2, 0.25) is 5.02 Å². The minimum atomic E-state index is -0.547. The second-order valence-electron chi connectivity index (χ2n) is 5.33. The fourth-order valence-corrected chi connectivity index (χ4v) is 3.06. The first-order valence-electron chi connectivity index (χ1n) is 7.59. The van der Waals surface area contributed by atoms with Gasteiger partial charge >= 0.3 is 5.97 Å². The molecule has 4 nitrogen and oxygen atoms in total. The van der Waals surface area contributed by atoms with E-state index < -0.39 is 5.97 Å². The third kappa shape index (κ3) is 2.59. The Hall–Kier alpha value is -2.59. The number of benzene rings is 2. The summed E-state index contributed by atoms with van der Waals surface area (Å²) < 4.78 is 6.69. The smallest absolute Gasteiger partial charge is 0.355 e. The number of ether oxygens (including phenoxy) is 1. The van der Waals surface area contributed by atoms with Gasteiger partial charge in [-0.1, -0.05) is 36.7 Å². The molecule has 0 radical (unpaired) electrons. The molecule has 5 heteroatoms. The van der Waals surface area contributed by atoms with Crippen molar-refractivity contribution >= 4 is 28.5 Å². The Morgan fingerprint density at radius 3 is 2.50 bits per heavy atom. The number of hydrogen-bond acceptors (Lipinski definition) is 3. The van der Waals surface area contributed by atoms with Crippen molar-refractivity contribution in [1.82, 2.24) is 4.57 Å². The molecule has 3 aromatic rings. The van der Waals surface area contributed by atoms with Gasteiger partial charge in [-0.3, -0.25) is 4.79 Å². The van der Waals surface area contributed by atoms with E-state index in [1.165, 1.54) is 7.11 Å². The Bertz CT molecular complexity index is 977. The third-order valence-electron chi connectivity index (χ3n) is 3.98. The van der Waals surface area contributed by atoms with Gasteiger partial charge in [-0.05, 0) is 36.8 Å². The Balaban J connectivity index is 2.58. The Morgan fingerprint density at radius 1 is 1.17 bits per heavy atom. The van der Waals surface area contributed by atoms with Crippen molar-refractivity contribution in [2.24, 2.45) is 0 Å². The maximum Gasteiger partial charge on any atom is 0.355 e. The summed E-state index contributed by atoms with van der Waals surface area (Å²) in [5.41, 5.74) is 1.85. The van der Waals surface area contributed by atoms with E-state index in [-0.39, 0.29) is 11.1 Å². The monoisotopic (exact) mass is 341 g/mol. The van der Waals surface area contributed by atoms with E-state index in [0.29, 0.717) is 27.9 Å². The molecule has 0 fully saturated rings. The second-order valence-corrected chi connectivity index (χ2v) is 5.77. The summed E-state index contributed by atoms with van der Waals surface area (Å²) in [7, 11) is 1.31. The number of para-hydroxylation sites is 1. The van der Waals surface area contributed by atoms with Crippen LogP contribution in [0.3, 0.4) is 0 Å². The molecule has 0 N–H and O–H groups in total. The SMILES string of the molecule is CCc1c(C(=O)OC)n(-c2ccccc2)c2cc(Cl)ccc2c1=O. The van der Waals surface area contributed by atoms with E-state index in [9.17, 15) is 9.59 Å². The van der Waals surface area contributed by atoms with Gasteiger partial charge in [0.2, 0.25) is 0 Å². The summed E-state index contributed by atoms with van der Waals surface area (Å²) in [5, 5.41) is 1.01. The van der Waals surface area contributed by atoms with Gasteiger partial charge in [0.05, 0.1) is 12.6 Å². The largest absolute Gasteiger partial charge is 0.464 e. The number of esters is 1. The normalized spacial score (nSPS) is 10.8. The molecule has 1 heterocycles. The number of aromatic nitrogens is 1. The van der Waals surface area contributed by atoms with Crippen molar-refractivity contribution in [3.8, 4) is 5.69 Å². The third-order valence-corrected chi connectivity index (χ3v) is 4.21. The maximum atomic E-state index is 12.8. The lowest BCUT2D eigenvalue weighted by Crippen LogP contribution is -2.24. The lowest BCUT2D eigenvalue weighted by atomic mass is 10.0. The highest BCUT2D eigenvalue weighted by atomic mass is 35.5. The van der Waals surface area contributed by atoms with Crippen molar-refractivity contribution in [2.45, 2.75) is 13.3 Å². The molecule has 0 aliphatic rings. The molecule has 0 unspecified atom stereocenters. The van der Waals surface area contributed by atoms with Crippen LogP contribution in [0.5, 0.6) is 0 Å². The number of pyridine rings is 1. The lowest BCUT2D eigenvalue weighted by Gasteiger charge is -2.19. The standard InChI is InChI=1S/C19H16ClNO3/c1-3-14-17(19(23)24-2)21(13-7-5-4-6-8-13)16-11-12(20)9-10-15(16)18(14)22/h4-11H,3H2,1-2H3. The highest BCUT2D eigenvalue weighted by Gasteiger charge is 2.23. The molecule has 3 rings (SSSR count). The molecule has 0 aliphatic carbocycles. The molecule has 1 aromatic heterocycles. The molecule has 122 valence electrons. The number of carbonyl (C=O) groups excluding carboxylic acids is 1. The zero-order valence-electron chi connectivity index (χ0n) is 13.4. The first kappa shape index (κ1) is 16.3. The summed E-state index contributed by atoms with van der Waals surface area (Å²) in [4.78, 5) is 25.3. The van der Waals surface area contributed by atoms with Crippen LogP contribution in [0.25, 0.3) is 16.6 Å². The van der Waals surface area contributed by atoms with Crippen LogP contribution < -0.4 is 5.43 Å². The number of methoxy groups -OCH3 is 1. The van der Waals surface area contributed by atoms with Crippen LogP contribution in [0.15, 0.2) is 53.3 Å².